The second kappa shape index (κ2) is 9.14. The Labute approximate surface area is 112 Å². The van der Waals surface area contributed by atoms with Crippen LogP contribution in [0.3, 0.4) is 0 Å². The maximum absolute atomic E-state index is 11.9. The van der Waals surface area contributed by atoms with Gasteiger partial charge in [-0.25, -0.2) is 0 Å². The van der Waals surface area contributed by atoms with Crippen molar-refractivity contribution in [3.63, 3.8) is 0 Å². The van der Waals surface area contributed by atoms with Gasteiger partial charge in [-0.3, -0.25) is 4.79 Å². The fourth-order valence-corrected chi connectivity index (χ4v) is 1.87. The van der Waals surface area contributed by atoms with Gasteiger partial charge in [-0.15, -0.1) is 0 Å². The molecule has 0 bridgehead atoms. The molecule has 0 radical (unpaired) electrons. The van der Waals surface area contributed by atoms with Crippen molar-refractivity contribution in [3.05, 3.63) is 0 Å². The minimum absolute atomic E-state index is 0.0490. The number of hydrogen-bond acceptors (Lipinski definition) is 3. The Morgan fingerprint density at radius 2 is 1.89 bits per heavy atom. The molecule has 0 rings (SSSR count). The van der Waals surface area contributed by atoms with Crippen LogP contribution in [0.15, 0.2) is 0 Å². The zero-order chi connectivity index (χ0) is 14.9. The van der Waals surface area contributed by atoms with Crippen molar-refractivity contribution >= 4 is 5.91 Å². The number of rotatable bonds is 9. The fraction of sp³-hybridized carbons (Fsp3) is 0.917. The van der Waals surface area contributed by atoms with E-state index in [2.05, 4.69) is 4.74 Å². The van der Waals surface area contributed by atoms with Gasteiger partial charge in [0.05, 0.1) is 13.0 Å². The number of hydrogen-bond donors (Lipinski definition) is 1. The lowest BCUT2D eigenvalue weighted by atomic mass is 10.1. The van der Waals surface area contributed by atoms with Crippen LogP contribution in [-0.4, -0.2) is 49.3 Å². The summed E-state index contributed by atoms with van der Waals surface area (Å²) in [7, 11) is 0. The Hall–Kier alpha value is -0.820. The summed E-state index contributed by atoms with van der Waals surface area (Å²) in [6, 6.07) is 0.0821. The van der Waals surface area contributed by atoms with Gasteiger partial charge in [0.25, 0.3) is 0 Å². The number of carbonyl (C=O) groups excluding carboxylic acids is 1. The molecule has 0 aromatic rings. The van der Waals surface area contributed by atoms with E-state index < -0.39 is 12.8 Å². The standard InChI is InChI=1S/C12H23F3N2O2/c1-3-10(4-2)17(7-6-16)11(18)5-8-19-9-12(13,14)15/h10H,3-9,16H2,1-2H3. The predicted octanol–water partition coefficient (Wildman–Crippen LogP) is 1.93. The van der Waals surface area contributed by atoms with Crippen LogP contribution in [0.5, 0.6) is 0 Å². The second-order valence-electron chi connectivity index (χ2n) is 4.26. The molecule has 0 unspecified atom stereocenters. The maximum atomic E-state index is 11.9. The molecular weight excluding hydrogens is 261 g/mol. The first-order valence-corrected chi connectivity index (χ1v) is 6.49. The van der Waals surface area contributed by atoms with E-state index in [1.165, 1.54) is 0 Å². The van der Waals surface area contributed by atoms with Crippen molar-refractivity contribution in [1.82, 2.24) is 4.90 Å². The lowest BCUT2D eigenvalue weighted by Gasteiger charge is -2.30. The predicted molar refractivity (Wildman–Crippen MR) is 66.6 cm³/mol. The normalized spacial score (nSPS) is 11.9. The van der Waals surface area contributed by atoms with E-state index >= 15 is 0 Å². The van der Waals surface area contributed by atoms with E-state index in [4.69, 9.17) is 5.73 Å². The van der Waals surface area contributed by atoms with Gasteiger partial charge in [0, 0.05) is 19.1 Å². The fourth-order valence-electron chi connectivity index (χ4n) is 1.87. The van der Waals surface area contributed by atoms with E-state index in [1.807, 2.05) is 13.8 Å². The molecule has 4 nitrogen and oxygen atoms in total. The molecule has 0 aromatic carbocycles. The van der Waals surface area contributed by atoms with Gasteiger partial charge in [-0.1, -0.05) is 13.8 Å². The molecule has 19 heavy (non-hydrogen) atoms. The van der Waals surface area contributed by atoms with Crippen molar-refractivity contribution < 1.29 is 22.7 Å². The quantitative estimate of drug-likeness (QED) is 0.658. The van der Waals surface area contributed by atoms with Gasteiger partial charge < -0.3 is 15.4 Å². The molecule has 0 aliphatic heterocycles. The van der Waals surface area contributed by atoms with E-state index in [0.29, 0.717) is 13.1 Å². The van der Waals surface area contributed by atoms with Gasteiger partial charge in [0.15, 0.2) is 0 Å². The minimum Gasteiger partial charge on any atom is -0.372 e. The first kappa shape index (κ1) is 18.2. The highest BCUT2D eigenvalue weighted by Gasteiger charge is 2.27. The van der Waals surface area contributed by atoms with Crippen LogP contribution in [-0.2, 0) is 9.53 Å². The summed E-state index contributed by atoms with van der Waals surface area (Å²) in [5.41, 5.74) is 5.45. The molecule has 0 atom stereocenters. The summed E-state index contributed by atoms with van der Waals surface area (Å²) in [5, 5.41) is 0. The second-order valence-corrected chi connectivity index (χ2v) is 4.26. The van der Waals surface area contributed by atoms with Crippen LogP contribution in [0.1, 0.15) is 33.1 Å². The van der Waals surface area contributed by atoms with Crippen molar-refractivity contribution in [3.8, 4) is 0 Å². The zero-order valence-corrected chi connectivity index (χ0v) is 11.5. The highest BCUT2D eigenvalue weighted by Crippen LogP contribution is 2.15. The van der Waals surface area contributed by atoms with E-state index in [0.717, 1.165) is 12.8 Å². The Kier molecular flexibility index (Phi) is 8.75. The third kappa shape index (κ3) is 8.05. The Bertz CT molecular complexity index is 256. The van der Waals surface area contributed by atoms with Crippen LogP contribution in [0, 0.1) is 0 Å². The maximum Gasteiger partial charge on any atom is 0.411 e. The summed E-state index contributed by atoms with van der Waals surface area (Å²) in [4.78, 5) is 13.6. The summed E-state index contributed by atoms with van der Waals surface area (Å²) in [6.07, 6.45) is -2.81. The molecule has 0 aliphatic rings. The Morgan fingerprint density at radius 3 is 2.32 bits per heavy atom. The largest absolute Gasteiger partial charge is 0.411 e. The number of nitrogens with zero attached hydrogens (tertiary/aromatic N) is 1. The molecule has 0 aliphatic carbocycles. The Morgan fingerprint density at radius 1 is 1.32 bits per heavy atom. The zero-order valence-electron chi connectivity index (χ0n) is 11.5. The molecule has 0 heterocycles. The monoisotopic (exact) mass is 284 g/mol. The highest BCUT2D eigenvalue weighted by molar-refractivity contribution is 5.76. The number of ether oxygens (including phenoxy) is 1. The summed E-state index contributed by atoms with van der Waals surface area (Å²) in [5.74, 6) is -0.207. The molecule has 0 spiro atoms. The SMILES string of the molecule is CCC(CC)N(CCN)C(=O)CCOCC(F)(F)F. The average Bonchev–Trinajstić information content (AvgIpc) is 2.33. The van der Waals surface area contributed by atoms with Gasteiger partial charge in [0.2, 0.25) is 5.91 Å². The molecule has 0 aromatic heterocycles. The summed E-state index contributed by atoms with van der Waals surface area (Å²) < 4.78 is 40.0. The molecule has 0 fully saturated rings. The van der Waals surface area contributed by atoms with E-state index in [9.17, 15) is 18.0 Å². The first-order valence-electron chi connectivity index (χ1n) is 6.49. The average molecular weight is 284 g/mol. The molecule has 114 valence electrons. The molecule has 0 saturated heterocycles. The molecule has 1 amide bonds. The lowest BCUT2D eigenvalue weighted by molar-refractivity contribution is -0.175. The van der Waals surface area contributed by atoms with Gasteiger partial charge in [-0.2, -0.15) is 13.2 Å². The molecular formula is C12H23F3N2O2. The van der Waals surface area contributed by atoms with Crippen LogP contribution in [0.2, 0.25) is 0 Å². The number of halogens is 3. The van der Waals surface area contributed by atoms with Crippen LogP contribution < -0.4 is 5.73 Å². The first-order chi connectivity index (χ1) is 8.85. The summed E-state index contributed by atoms with van der Waals surface area (Å²) in [6.45, 7) is 3.15. The van der Waals surface area contributed by atoms with Crippen molar-refractivity contribution in [2.24, 2.45) is 5.73 Å². The van der Waals surface area contributed by atoms with Gasteiger partial charge in [0.1, 0.15) is 6.61 Å². The van der Waals surface area contributed by atoms with Crippen LogP contribution >= 0.6 is 0 Å². The van der Waals surface area contributed by atoms with Crippen LogP contribution in [0.4, 0.5) is 13.2 Å². The van der Waals surface area contributed by atoms with Crippen molar-refractivity contribution in [1.29, 1.82) is 0 Å². The number of nitrogens with two attached hydrogens (primary N) is 1. The number of amides is 1. The summed E-state index contributed by atoms with van der Waals surface area (Å²) >= 11 is 0. The third-order valence-electron chi connectivity index (χ3n) is 2.80. The van der Waals surface area contributed by atoms with E-state index in [-0.39, 0.29) is 25.0 Å². The minimum atomic E-state index is -4.35. The van der Waals surface area contributed by atoms with Gasteiger partial charge in [-0.05, 0) is 12.8 Å². The van der Waals surface area contributed by atoms with Gasteiger partial charge >= 0.3 is 6.18 Å². The third-order valence-corrected chi connectivity index (χ3v) is 2.80. The molecule has 2 N–H and O–H groups in total. The molecule has 0 saturated carbocycles. The topological polar surface area (TPSA) is 55.6 Å². The smallest absolute Gasteiger partial charge is 0.372 e. The highest BCUT2D eigenvalue weighted by atomic mass is 19.4. The lowest BCUT2D eigenvalue weighted by Crippen LogP contribution is -2.43. The number of carbonyl (C=O) groups is 1. The van der Waals surface area contributed by atoms with Crippen molar-refractivity contribution in [2.45, 2.75) is 45.3 Å². The van der Waals surface area contributed by atoms with Crippen LogP contribution in [0.25, 0.3) is 0 Å². The number of alkyl halides is 3. The van der Waals surface area contributed by atoms with Crippen molar-refractivity contribution in [2.75, 3.05) is 26.3 Å². The Balaban J connectivity index is 4.18. The van der Waals surface area contributed by atoms with E-state index in [1.54, 1.807) is 4.90 Å². The molecule has 7 heteroatoms.